The van der Waals surface area contributed by atoms with Crippen molar-refractivity contribution in [2.24, 2.45) is 5.92 Å². The van der Waals surface area contributed by atoms with Crippen LogP contribution in [0.1, 0.15) is 12.8 Å². The molecule has 0 saturated carbocycles. The molecule has 1 amide bonds. The van der Waals surface area contributed by atoms with Crippen molar-refractivity contribution in [2.75, 3.05) is 23.1 Å². The summed E-state index contributed by atoms with van der Waals surface area (Å²) < 4.78 is 53.4. The minimum Gasteiger partial charge on any atom is -0.326 e. The van der Waals surface area contributed by atoms with Crippen LogP contribution in [-0.2, 0) is 14.8 Å². The molecule has 0 bridgehead atoms. The standard InChI is InChI=1S/C18H19F2N3O3S.ClH/c19-13-1-6-17(16(20)11-13)23-27(25,26)15-4-2-14(3-5-15)22-18(24)12-7-9-21-10-8-12;/h1-6,11-12,21,23H,7-10H2,(H,22,24);1H. The van der Waals surface area contributed by atoms with Crippen LogP contribution in [0, 0.1) is 17.6 Å². The third-order valence-electron chi connectivity index (χ3n) is 4.32. The van der Waals surface area contributed by atoms with E-state index >= 15 is 0 Å². The smallest absolute Gasteiger partial charge is 0.261 e. The Bertz CT molecular complexity index is 934. The van der Waals surface area contributed by atoms with Gasteiger partial charge in [0, 0.05) is 17.7 Å². The summed E-state index contributed by atoms with van der Waals surface area (Å²) in [7, 11) is -4.05. The SMILES string of the molecule is Cl.O=C(Nc1ccc(S(=O)(=O)Nc2ccc(F)cc2F)cc1)C1CCNCC1. The minimum atomic E-state index is -4.05. The van der Waals surface area contributed by atoms with Crippen LogP contribution in [-0.4, -0.2) is 27.4 Å². The molecule has 2 aromatic rings. The molecule has 0 spiro atoms. The summed E-state index contributed by atoms with van der Waals surface area (Å²) in [5.74, 6) is -1.98. The molecule has 3 rings (SSSR count). The van der Waals surface area contributed by atoms with Crippen molar-refractivity contribution >= 4 is 39.7 Å². The molecule has 1 aliphatic heterocycles. The van der Waals surface area contributed by atoms with Crippen LogP contribution in [0.4, 0.5) is 20.2 Å². The third kappa shape index (κ3) is 5.40. The van der Waals surface area contributed by atoms with Gasteiger partial charge in [-0.1, -0.05) is 0 Å². The summed E-state index contributed by atoms with van der Waals surface area (Å²) in [6.45, 7) is 1.59. The van der Waals surface area contributed by atoms with Crippen molar-refractivity contribution in [1.82, 2.24) is 5.32 Å². The number of hydrogen-bond acceptors (Lipinski definition) is 4. The topological polar surface area (TPSA) is 87.3 Å². The second kappa shape index (κ2) is 9.31. The Morgan fingerprint density at radius 2 is 1.68 bits per heavy atom. The average Bonchev–Trinajstić information content (AvgIpc) is 2.65. The number of sulfonamides is 1. The second-order valence-electron chi connectivity index (χ2n) is 6.27. The molecule has 6 nitrogen and oxygen atoms in total. The maximum Gasteiger partial charge on any atom is 0.261 e. The van der Waals surface area contributed by atoms with Gasteiger partial charge in [0.2, 0.25) is 5.91 Å². The summed E-state index contributed by atoms with van der Waals surface area (Å²) in [4.78, 5) is 12.1. The van der Waals surface area contributed by atoms with Crippen LogP contribution in [0.2, 0.25) is 0 Å². The van der Waals surface area contributed by atoms with Gasteiger partial charge in [-0.3, -0.25) is 9.52 Å². The highest BCUT2D eigenvalue weighted by atomic mass is 35.5. The number of benzene rings is 2. The molecule has 0 aromatic heterocycles. The molecule has 1 aliphatic rings. The van der Waals surface area contributed by atoms with Crippen molar-refractivity contribution in [1.29, 1.82) is 0 Å². The Labute approximate surface area is 168 Å². The maximum absolute atomic E-state index is 13.7. The molecule has 3 N–H and O–H groups in total. The fourth-order valence-electron chi connectivity index (χ4n) is 2.82. The van der Waals surface area contributed by atoms with Crippen molar-refractivity contribution in [3.05, 3.63) is 54.1 Å². The molecule has 1 saturated heterocycles. The lowest BCUT2D eigenvalue weighted by atomic mass is 9.97. The molecule has 0 unspecified atom stereocenters. The van der Waals surface area contributed by atoms with Crippen LogP contribution in [0.3, 0.4) is 0 Å². The molecule has 10 heteroatoms. The van der Waals surface area contributed by atoms with E-state index in [1.54, 1.807) is 0 Å². The molecule has 0 atom stereocenters. The van der Waals surface area contributed by atoms with E-state index in [9.17, 15) is 22.0 Å². The Morgan fingerprint density at radius 3 is 2.29 bits per heavy atom. The lowest BCUT2D eigenvalue weighted by Gasteiger charge is -2.21. The number of anilines is 2. The highest BCUT2D eigenvalue weighted by Gasteiger charge is 2.21. The van der Waals surface area contributed by atoms with Gasteiger partial charge in [-0.05, 0) is 62.3 Å². The number of hydrogen-bond donors (Lipinski definition) is 3. The van der Waals surface area contributed by atoms with Gasteiger partial charge in [-0.2, -0.15) is 0 Å². The van der Waals surface area contributed by atoms with Crippen molar-refractivity contribution in [2.45, 2.75) is 17.7 Å². The number of amides is 1. The molecule has 0 radical (unpaired) electrons. The zero-order chi connectivity index (χ0) is 19.4. The van der Waals surface area contributed by atoms with Crippen LogP contribution in [0.5, 0.6) is 0 Å². The first-order valence-corrected chi connectivity index (χ1v) is 9.93. The summed E-state index contributed by atoms with van der Waals surface area (Å²) >= 11 is 0. The Kier molecular flexibility index (Phi) is 7.34. The molecule has 0 aliphatic carbocycles. The third-order valence-corrected chi connectivity index (χ3v) is 5.70. The fraction of sp³-hybridized carbons (Fsp3) is 0.278. The number of halogens is 3. The molecule has 152 valence electrons. The van der Waals surface area contributed by atoms with Crippen molar-refractivity contribution in [3.63, 3.8) is 0 Å². The predicted octanol–water partition coefficient (Wildman–Crippen LogP) is 3.13. The van der Waals surface area contributed by atoms with E-state index < -0.39 is 21.7 Å². The lowest BCUT2D eigenvalue weighted by Crippen LogP contribution is -2.34. The highest BCUT2D eigenvalue weighted by molar-refractivity contribution is 7.92. The number of carbonyl (C=O) groups excluding carboxylic acids is 1. The highest BCUT2D eigenvalue weighted by Crippen LogP contribution is 2.22. The first-order chi connectivity index (χ1) is 12.8. The Hall–Kier alpha value is -2.23. The van der Waals surface area contributed by atoms with Gasteiger partial charge in [0.1, 0.15) is 11.6 Å². The van der Waals surface area contributed by atoms with Crippen LogP contribution >= 0.6 is 12.4 Å². The summed E-state index contributed by atoms with van der Waals surface area (Å²) in [5.41, 5.74) is 0.130. The van der Waals surface area contributed by atoms with Crippen molar-refractivity contribution in [3.8, 4) is 0 Å². The van der Waals surface area contributed by atoms with Gasteiger partial charge < -0.3 is 10.6 Å². The summed E-state index contributed by atoms with van der Waals surface area (Å²) in [6.07, 6.45) is 1.51. The monoisotopic (exact) mass is 431 g/mol. The van der Waals surface area contributed by atoms with Crippen LogP contribution < -0.4 is 15.4 Å². The first-order valence-electron chi connectivity index (χ1n) is 8.45. The van der Waals surface area contributed by atoms with Gasteiger partial charge in [0.25, 0.3) is 10.0 Å². The largest absolute Gasteiger partial charge is 0.326 e. The normalized spacial score (nSPS) is 14.8. The Balaban J connectivity index is 0.00000280. The molecule has 1 heterocycles. The van der Waals surface area contributed by atoms with E-state index in [-0.39, 0.29) is 34.8 Å². The number of nitrogens with one attached hydrogen (secondary N) is 3. The van der Waals surface area contributed by atoms with E-state index in [4.69, 9.17) is 0 Å². The summed E-state index contributed by atoms with van der Waals surface area (Å²) in [5, 5.41) is 5.96. The quantitative estimate of drug-likeness (QED) is 0.678. The number of piperidine rings is 1. The van der Waals surface area contributed by atoms with Crippen LogP contribution in [0.25, 0.3) is 0 Å². The fourth-order valence-corrected chi connectivity index (χ4v) is 3.89. The molecule has 1 fully saturated rings. The zero-order valence-electron chi connectivity index (χ0n) is 14.7. The average molecular weight is 432 g/mol. The van der Waals surface area contributed by atoms with Gasteiger partial charge in [-0.15, -0.1) is 12.4 Å². The molecule has 28 heavy (non-hydrogen) atoms. The predicted molar refractivity (Wildman–Crippen MR) is 105 cm³/mol. The number of rotatable bonds is 5. The minimum absolute atomic E-state index is 0. The lowest BCUT2D eigenvalue weighted by molar-refractivity contribution is -0.120. The zero-order valence-corrected chi connectivity index (χ0v) is 16.4. The number of carbonyl (C=O) groups is 1. The van der Waals surface area contributed by atoms with E-state index in [1.165, 1.54) is 24.3 Å². The van der Waals surface area contributed by atoms with E-state index in [0.29, 0.717) is 11.8 Å². The van der Waals surface area contributed by atoms with Crippen molar-refractivity contribution < 1.29 is 22.0 Å². The first kappa shape index (κ1) is 22.1. The van der Waals surface area contributed by atoms with Gasteiger partial charge in [0.15, 0.2) is 0 Å². The van der Waals surface area contributed by atoms with E-state index in [2.05, 4.69) is 15.4 Å². The van der Waals surface area contributed by atoms with Gasteiger partial charge in [-0.25, -0.2) is 17.2 Å². The molecular weight excluding hydrogens is 412 g/mol. The van der Waals surface area contributed by atoms with E-state index in [1.807, 2.05) is 0 Å². The second-order valence-corrected chi connectivity index (χ2v) is 7.95. The van der Waals surface area contributed by atoms with E-state index in [0.717, 1.165) is 38.1 Å². The maximum atomic E-state index is 13.7. The van der Waals surface area contributed by atoms with Gasteiger partial charge >= 0.3 is 0 Å². The molecule has 2 aromatic carbocycles. The molecular formula is C18H20ClF2N3O3S. The summed E-state index contributed by atoms with van der Waals surface area (Å²) in [6, 6.07) is 8.11. The Morgan fingerprint density at radius 1 is 1.04 bits per heavy atom. The van der Waals surface area contributed by atoms with Gasteiger partial charge in [0.05, 0.1) is 10.6 Å². The van der Waals surface area contributed by atoms with Crippen LogP contribution in [0.15, 0.2) is 47.4 Å².